The molecule has 20 heavy (non-hydrogen) atoms. The second kappa shape index (κ2) is 4.90. The van der Waals surface area contributed by atoms with Gasteiger partial charge >= 0.3 is 0 Å². The van der Waals surface area contributed by atoms with Crippen LogP contribution in [0.15, 0.2) is 24.3 Å². The highest BCUT2D eigenvalue weighted by molar-refractivity contribution is 7.90. The zero-order chi connectivity index (χ0) is 15.1. The summed E-state index contributed by atoms with van der Waals surface area (Å²) in [4.78, 5) is 0. The third-order valence-electron chi connectivity index (χ3n) is 3.29. The molecular formula is C13H16FN3O2S. The van der Waals surface area contributed by atoms with Crippen LogP contribution in [-0.2, 0) is 16.9 Å². The molecule has 1 aromatic heterocycles. The molecule has 0 saturated carbocycles. The molecule has 2 N–H and O–H groups in total. The van der Waals surface area contributed by atoms with Gasteiger partial charge in [-0.25, -0.2) is 12.8 Å². The number of benzene rings is 1. The monoisotopic (exact) mass is 297 g/mol. The molecule has 0 amide bonds. The van der Waals surface area contributed by atoms with Gasteiger partial charge in [0, 0.05) is 18.9 Å². The van der Waals surface area contributed by atoms with Gasteiger partial charge in [0.05, 0.1) is 11.3 Å². The van der Waals surface area contributed by atoms with Crippen LogP contribution in [0.5, 0.6) is 0 Å². The Morgan fingerprint density at radius 1 is 1.35 bits per heavy atom. The van der Waals surface area contributed by atoms with Crippen molar-refractivity contribution >= 4 is 15.7 Å². The fraction of sp³-hybridized carbons (Fsp3) is 0.308. The van der Waals surface area contributed by atoms with Crippen LogP contribution in [0.2, 0.25) is 0 Å². The highest BCUT2D eigenvalue weighted by Gasteiger charge is 2.28. The van der Waals surface area contributed by atoms with Crippen molar-refractivity contribution in [2.45, 2.75) is 12.2 Å². The van der Waals surface area contributed by atoms with Crippen LogP contribution in [-0.4, -0.2) is 24.5 Å². The topological polar surface area (TPSA) is 78.0 Å². The van der Waals surface area contributed by atoms with Crippen molar-refractivity contribution in [3.63, 3.8) is 0 Å². The standard InChI is InChI=1S/C13H16FN3O2S/c1-8(20(3,18)19)12-11(13(15)17(2)16-12)9-6-4-5-7-10(9)14/h4-8H,15H2,1-3H3. The molecule has 0 aliphatic heterocycles. The number of aromatic nitrogens is 2. The molecule has 0 spiro atoms. The minimum Gasteiger partial charge on any atom is -0.383 e. The number of anilines is 1. The van der Waals surface area contributed by atoms with Gasteiger partial charge < -0.3 is 5.73 Å². The third kappa shape index (κ3) is 2.40. The van der Waals surface area contributed by atoms with Crippen LogP contribution >= 0.6 is 0 Å². The number of hydrogen-bond acceptors (Lipinski definition) is 4. The van der Waals surface area contributed by atoms with Gasteiger partial charge in [0.1, 0.15) is 16.9 Å². The lowest BCUT2D eigenvalue weighted by Crippen LogP contribution is -2.10. The van der Waals surface area contributed by atoms with Crippen molar-refractivity contribution in [3.05, 3.63) is 35.8 Å². The Kier molecular flexibility index (Phi) is 3.56. The SMILES string of the molecule is CC(c1nn(C)c(N)c1-c1ccccc1F)S(C)(=O)=O. The number of nitrogen functional groups attached to an aromatic ring is 1. The van der Waals surface area contributed by atoms with Gasteiger partial charge in [0.15, 0.2) is 9.84 Å². The number of sulfone groups is 1. The molecule has 7 heteroatoms. The summed E-state index contributed by atoms with van der Waals surface area (Å²) in [6.45, 7) is 1.52. The smallest absolute Gasteiger partial charge is 0.155 e. The molecule has 0 radical (unpaired) electrons. The Balaban J connectivity index is 2.74. The summed E-state index contributed by atoms with van der Waals surface area (Å²) in [7, 11) is -1.76. The molecule has 1 heterocycles. The maximum absolute atomic E-state index is 14.0. The maximum Gasteiger partial charge on any atom is 0.155 e. The van der Waals surface area contributed by atoms with Gasteiger partial charge in [-0.15, -0.1) is 0 Å². The summed E-state index contributed by atoms with van der Waals surface area (Å²) in [6, 6.07) is 6.09. The minimum absolute atomic E-state index is 0.237. The summed E-state index contributed by atoms with van der Waals surface area (Å²) in [5.74, 6) is -0.227. The second-order valence-corrected chi connectivity index (χ2v) is 7.09. The van der Waals surface area contributed by atoms with E-state index in [0.717, 1.165) is 6.26 Å². The molecule has 2 rings (SSSR count). The molecule has 0 fully saturated rings. The van der Waals surface area contributed by atoms with E-state index < -0.39 is 20.9 Å². The molecule has 5 nitrogen and oxygen atoms in total. The largest absolute Gasteiger partial charge is 0.383 e. The number of halogens is 1. The zero-order valence-corrected chi connectivity index (χ0v) is 12.3. The first-order valence-corrected chi connectivity index (χ1v) is 7.95. The first-order chi connectivity index (χ1) is 9.23. The van der Waals surface area contributed by atoms with Crippen molar-refractivity contribution in [2.24, 2.45) is 7.05 Å². The van der Waals surface area contributed by atoms with E-state index in [0.29, 0.717) is 5.56 Å². The predicted octanol–water partition coefficient (Wildman–Crippen LogP) is 1.91. The molecule has 2 aromatic rings. The van der Waals surface area contributed by atoms with Crippen molar-refractivity contribution in [1.82, 2.24) is 9.78 Å². The van der Waals surface area contributed by atoms with Gasteiger partial charge in [0.25, 0.3) is 0 Å². The Morgan fingerprint density at radius 2 is 1.95 bits per heavy atom. The van der Waals surface area contributed by atoms with E-state index in [-0.39, 0.29) is 17.1 Å². The van der Waals surface area contributed by atoms with Gasteiger partial charge in [-0.05, 0) is 13.0 Å². The maximum atomic E-state index is 14.0. The highest BCUT2D eigenvalue weighted by atomic mass is 32.2. The van der Waals surface area contributed by atoms with E-state index in [1.54, 1.807) is 25.2 Å². The minimum atomic E-state index is -3.36. The number of nitrogens with two attached hydrogens (primary N) is 1. The van der Waals surface area contributed by atoms with Gasteiger partial charge in [-0.1, -0.05) is 18.2 Å². The Hall–Kier alpha value is -1.89. The van der Waals surface area contributed by atoms with Crippen LogP contribution < -0.4 is 5.73 Å². The molecule has 108 valence electrons. The average Bonchev–Trinajstić information content (AvgIpc) is 2.65. The number of nitrogens with zero attached hydrogens (tertiary/aromatic N) is 2. The summed E-state index contributed by atoms with van der Waals surface area (Å²) in [6.07, 6.45) is 1.12. The molecule has 1 aromatic carbocycles. The van der Waals surface area contributed by atoms with Crippen molar-refractivity contribution < 1.29 is 12.8 Å². The Bertz CT molecular complexity index is 753. The molecular weight excluding hydrogens is 281 g/mol. The zero-order valence-electron chi connectivity index (χ0n) is 11.5. The van der Waals surface area contributed by atoms with Gasteiger partial charge in [-0.3, -0.25) is 4.68 Å². The first kappa shape index (κ1) is 14.5. The quantitative estimate of drug-likeness (QED) is 0.938. The van der Waals surface area contributed by atoms with Crippen molar-refractivity contribution in [3.8, 4) is 11.1 Å². The van der Waals surface area contributed by atoms with Gasteiger partial charge in [0.2, 0.25) is 0 Å². The summed E-state index contributed by atoms with van der Waals surface area (Å²) < 4.78 is 38.8. The molecule has 0 bridgehead atoms. The summed E-state index contributed by atoms with van der Waals surface area (Å²) in [5, 5.41) is 3.28. The van der Waals surface area contributed by atoms with E-state index in [4.69, 9.17) is 5.73 Å². The van der Waals surface area contributed by atoms with Crippen LogP contribution in [0.25, 0.3) is 11.1 Å². The fourth-order valence-electron chi connectivity index (χ4n) is 1.99. The summed E-state index contributed by atoms with van der Waals surface area (Å²) in [5.41, 5.74) is 6.78. The highest BCUT2D eigenvalue weighted by Crippen LogP contribution is 2.36. The molecule has 0 aliphatic rings. The fourth-order valence-corrected chi connectivity index (χ4v) is 2.56. The Labute approximate surface area is 117 Å². The average molecular weight is 297 g/mol. The van der Waals surface area contributed by atoms with Crippen molar-refractivity contribution in [2.75, 3.05) is 12.0 Å². The van der Waals surface area contributed by atoms with E-state index >= 15 is 0 Å². The van der Waals surface area contributed by atoms with E-state index in [1.807, 2.05) is 0 Å². The van der Waals surface area contributed by atoms with Crippen molar-refractivity contribution in [1.29, 1.82) is 0 Å². The second-order valence-electron chi connectivity index (χ2n) is 4.72. The number of aryl methyl sites for hydroxylation is 1. The van der Waals surface area contributed by atoms with E-state index in [2.05, 4.69) is 5.10 Å². The third-order valence-corrected chi connectivity index (χ3v) is 4.80. The van der Waals surface area contributed by atoms with E-state index in [9.17, 15) is 12.8 Å². The summed E-state index contributed by atoms with van der Waals surface area (Å²) >= 11 is 0. The van der Waals surface area contributed by atoms with Crippen LogP contribution in [0, 0.1) is 5.82 Å². The van der Waals surface area contributed by atoms with Gasteiger partial charge in [-0.2, -0.15) is 5.10 Å². The van der Waals surface area contributed by atoms with Crippen LogP contribution in [0.1, 0.15) is 17.9 Å². The lowest BCUT2D eigenvalue weighted by Gasteiger charge is -2.10. The number of hydrogen-bond donors (Lipinski definition) is 1. The predicted molar refractivity (Wildman–Crippen MR) is 76.3 cm³/mol. The molecule has 0 aliphatic carbocycles. The lowest BCUT2D eigenvalue weighted by molar-refractivity contribution is 0.589. The number of rotatable bonds is 3. The molecule has 1 atom stereocenters. The van der Waals surface area contributed by atoms with Crippen LogP contribution in [0.3, 0.4) is 0 Å². The first-order valence-electron chi connectivity index (χ1n) is 5.99. The molecule has 0 saturated heterocycles. The van der Waals surface area contributed by atoms with Crippen LogP contribution in [0.4, 0.5) is 10.2 Å². The van der Waals surface area contributed by atoms with E-state index in [1.165, 1.54) is 17.7 Å². The molecule has 1 unspecified atom stereocenters. The Morgan fingerprint density at radius 3 is 2.50 bits per heavy atom. The lowest BCUT2D eigenvalue weighted by atomic mass is 10.0. The normalized spacial score (nSPS) is 13.4.